The van der Waals surface area contributed by atoms with Crippen LogP contribution < -0.4 is 5.32 Å². The summed E-state index contributed by atoms with van der Waals surface area (Å²) in [5, 5.41) is 12.2. The van der Waals surface area contributed by atoms with E-state index in [0.717, 1.165) is 18.4 Å². The van der Waals surface area contributed by atoms with Crippen molar-refractivity contribution in [1.82, 2.24) is 5.32 Å². The Labute approximate surface area is 95.1 Å². The van der Waals surface area contributed by atoms with Crippen molar-refractivity contribution >= 4 is 0 Å². The molecule has 2 heteroatoms. The lowest BCUT2D eigenvalue weighted by molar-refractivity contribution is 0.352. The lowest BCUT2D eigenvalue weighted by atomic mass is 9.95. The summed E-state index contributed by atoms with van der Waals surface area (Å²) in [6, 6.07) is 2.83. The Hall–Kier alpha value is -0.550. The van der Waals surface area contributed by atoms with Crippen LogP contribution in [0.2, 0.25) is 0 Å². The zero-order valence-corrected chi connectivity index (χ0v) is 10.9. The van der Waals surface area contributed by atoms with Crippen molar-refractivity contribution in [2.24, 2.45) is 17.8 Å². The Morgan fingerprint density at radius 1 is 1.00 bits per heavy atom. The van der Waals surface area contributed by atoms with E-state index in [1.165, 1.54) is 12.8 Å². The fourth-order valence-electron chi connectivity index (χ4n) is 1.79. The van der Waals surface area contributed by atoms with Crippen LogP contribution in [0.4, 0.5) is 0 Å². The molecule has 0 rings (SSSR count). The lowest BCUT2D eigenvalue weighted by Gasteiger charge is -2.23. The topological polar surface area (TPSA) is 35.8 Å². The molecule has 0 aliphatic rings. The zero-order valence-electron chi connectivity index (χ0n) is 10.9. The van der Waals surface area contributed by atoms with Crippen LogP contribution in [0, 0.1) is 29.1 Å². The van der Waals surface area contributed by atoms with Gasteiger partial charge in [0.15, 0.2) is 0 Å². The van der Waals surface area contributed by atoms with Gasteiger partial charge < -0.3 is 5.32 Å². The van der Waals surface area contributed by atoms with E-state index in [9.17, 15) is 0 Å². The van der Waals surface area contributed by atoms with Crippen molar-refractivity contribution in [2.75, 3.05) is 6.54 Å². The van der Waals surface area contributed by atoms with Crippen LogP contribution in [0.5, 0.6) is 0 Å². The minimum atomic E-state index is 0.117. The maximum Gasteiger partial charge on any atom is 0.0666 e. The Bertz CT molecular complexity index is 181. The minimum absolute atomic E-state index is 0.117. The average molecular weight is 210 g/mol. The van der Waals surface area contributed by atoms with Crippen molar-refractivity contribution in [1.29, 1.82) is 5.26 Å². The summed E-state index contributed by atoms with van der Waals surface area (Å²) in [6.07, 6.45) is 2.41. The van der Waals surface area contributed by atoms with Crippen LogP contribution in [0.25, 0.3) is 0 Å². The van der Waals surface area contributed by atoms with Crippen LogP contribution in [0.1, 0.15) is 47.5 Å². The molecular formula is C13H26N2. The maximum absolute atomic E-state index is 8.72. The Morgan fingerprint density at radius 3 is 1.80 bits per heavy atom. The van der Waals surface area contributed by atoms with Gasteiger partial charge in [0.1, 0.15) is 0 Å². The SMILES string of the molecule is CC(C)CC(CC(C)C)NCC(C)C#N. The smallest absolute Gasteiger partial charge is 0.0666 e. The highest BCUT2D eigenvalue weighted by Crippen LogP contribution is 2.13. The van der Waals surface area contributed by atoms with E-state index >= 15 is 0 Å². The van der Waals surface area contributed by atoms with E-state index in [-0.39, 0.29) is 5.92 Å². The normalized spacial score (nSPS) is 13.5. The molecule has 2 nitrogen and oxygen atoms in total. The Balaban J connectivity index is 3.96. The van der Waals surface area contributed by atoms with Gasteiger partial charge in [-0.25, -0.2) is 0 Å². The number of nitrogens with zero attached hydrogens (tertiary/aromatic N) is 1. The van der Waals surface area contributed by atoms with Crippen molar-refractivity contribution in [2.45, 2.75) is 53.5 Å². The number of nitrogens with one attached hydrogen (secondary N) is 1. The van der Waals surface area contributed by atoms with Crippen molar-refractivity contribution in [3.05, 3.63) is 0 Å². The second-order valence-electron chi connectivity index (χ2n) is 5.39. The predicted molar refractivity (Wildman–Crippen MR) is 65.5 cm³/mol. The molecule has 0 aliphatic heterocycles. The number of nitriles is 1. The summed E-state index contributed by atoms with van der Waals surface area (Å²) in [4.78, 5) is 0. The average Bonchev–Trinajstić information content (AvgIpc) is 2.11. The van der Waals surface area contributed by atoms with Crippen LogP contribution in [0.15, 0.2) is 0 Å². The van der Waals surface area contributed by atoms with E-state index in [0.29, 0.717) is 6.04 Å². The quantitative estimate of drug-likeness (QED) is 0.700. The molecule has 0 spiro atoms. The van der Waals surface area contributed by atoms with Gasteiger partial charge in [-0.2, -0.15) is 5.26 Å². The highest BCUT2D eigenvalue weighted by atomic mass is 14.9. The van der Waals surface area contributed by atoms with E-state index in [1.807, 2.05) is 6.92 Å². The fraction of sp³-hybridized carbons (Fsp3) is 0.923. The lowest BCUT2D eigenvalue weighted by Crippen LogP contribution is -2.34. The number of rotatable bonds is 7. The number of hydrogen-bond acceptors (Lipinski definition) is 2. The first-order chi connectivity index (χ1) is 6.95. The third kappa shape index (κ3) is 8.44. The second-order valence-corrected chi connectivity index (χ2v) is 5.39. The third-order valence-electron chi connectivity index (χ3n) is 2.44. The maximum atomic E-state index is 8.72. The molecule has 1 unspecified atom stereocenters. The summed E-state index contributed by atoms with van der Waals surface area (Å²) in [5.74, 6) is 1.56. The van der Waals surface area contributed by atoms with Gasteiger partial charge in [-0.1, -0.05) is 27.7 Å². The van der Waals surface area contributed by atoms with Gasteiger partial charge in [-0.3, -0.25) is 0 Å². The molecule has 0 amide bonds. The molecule has 1 atom stereocenters. The fourth-order valence-corrected chi connectivity index (χ4v) is 1.79. The van der Waals surface area contributed by atoms with Crippen LogP contribution >= 0.6 is 0 Å². The highest BCUT2D eigenvalue weighted by molar-refractivity contribution is 4.82. The molecule has 0 bridgehead atoms. The van der Waals surface area contributed by atoms with Gasteiger partial charge in [0, 0.05) is 12.6 Å². The minimum Gasteiger partial charge on any atom is -0.313 e. The first-order valence-electron chi connectivity index (χ1n) is 6.08. The molecule has 15 heavy (non-hydrogen) atoms. The molecule has 88 valence electrons. The summed E-state index contributed by atoms with van der Waals surface area (Å²) < 4.78 is 0. The molecule has 1 N–H and O–H groups in total. The van der Waals surface area contributed by atoms with Gasteiger partial charge in [0.25, 0.3) is 0 Å². The van der Waals surface area contributed by atoms with Gasteiger partial charge in [-0.05, 0) is 31.6 Å². The molecule has 0 aromatic carbocycles. The molecule has 0 fully saturated rings. The van der Waals surface area contributed by atoms with E-state index < -0.39 is 0 Å². The van der Waals surface area contributed by atoms with E-state index in [4.69, 9.17) is 5.26 Å². The van der Waals surface area contributed by atoms with Crippen molar-refractivity contribution < 1.29 is 0 Å². The van der Waals surface area contributed by atoms with E-state index in [1.54, 1.807) is 0 Å². The summed E-state index contributed by atoms with van der Waals surface area (Å²) in [7, 11) is 0. The van der Waals surface area contributed by atoms with Gasteiger partial charge in [-0.15, -0.1) is 0 Å². The van der Waals surface area contributed by atoms with Gasteiger partial charge >= 0.3 is 0 Å². The van der Waals surface area contributed by atoms with E-state index in [2.05, 4.69) is 39.1 Å². The molecule has 0 aromatic heterocycles. The monoisotopic (exact) mass is 210 g/mol. The van der Waals surface area contributed by atoms with Gasteiger partial charge in [0.05, 0.1) is 12.0 Å². The molecular weight excluding hydrogens is 184 g/mol. The molecule has 0 saturated heterocycles. The first-order valence-corrected chi connectivity index (χ1v) is 6.08. The molecule has 0 radical (unpaired) electrons. The Kier molecular flexibility index (Phi) is 7.42. The first kappa shape index (κ1) is 14.5. The Morgan fingerprint density at radius 2 is 1.47 bits per heavy atom. The molecule has 0 aliphatic carbocycles. The molecule has 0 aromatic rings. The standard InChI is InChI=1S/C13H26N2/c1-10(2)6-13(7-11(3)4)15-9-12(5)8-14/h10-13,15H,6-7,9H2,1-5H3. The summed E-state index contributed by atoms with van der Waals surface area (Å²) in [6.45, 7) is 11.8. The van der Waals surface area contributed by atoms with Gasteiger partial charge in [0.2, 0.25) is 0 Å². The van der Waals surface area contributed by atoms with Crippen molar-refractivity contribution in [3.63, 3.8) is 0 Å². The second kappa shape index (κ2) is 7.70. The third-order valence-corrected chi connectivity index (χ3v) is 2.44. The zero-order chi connectivity index (χ0) is 11.8. The highest BCUT2D eigenvalue weighted by Gasteiger charge is 2.13. The summed E-state index contributed by atoms with van der Waals surface area (Å²) in [5.41, 5.74) is 0. The number of hydrogen-bond donors (Lipinski definition) is 1. The van der Waals surface area contributed by atoms with Crippen LogP contribution in [-0.2, 0) is 0 Å². The largest absolute Gasteiger partial charge is 0.313 e. The molecule has 0 saturated carbocycles. The predicted octanol–water partition coefficient (Wildman–Crippen LogP) is 3.20. The van der Waals surface area contributed by atoms with Crippen molar-refractivity contribution in [3.8, 4) is 6.07 Å². The van der Waals surface area contributed by atoms with Crippen LogP contribution in [0.3, 0.4) is 0 Å². The summed E-state index contributed by atoms with van der Waals surface area (Å²) >= 11 is 0. The van der Waals surface area contributed by atoms with Crippen LogP contribution in [-0.4, -0.2) is 12.6 Å². The molecule has 0 heterocycles.